The predicted molar refractivity (Wildman–Crippen MR) is 114 cm³/mol. The number of anilines is 1. The van der Waals surface area contributed by atoms with Crippen molar-refractivity contribution in [3.63, 3.8) is 0 Å². The first-order valence-corrected chi connectivity index (χ1v) is 10.5. The SMILES string of the molecule is O=C(Nc1scc(-c2ccc(Br)cc2)c1C(=O)O)c1ccc2sccc2c1. The van der Waals surface area contributed by atoms with E-state index in [0.29, 0.717) is 16.1 Å². The maximum Gasteiger partial charge on any atom is 0.339 e. The Morgan fingerprint density at radius 3 is 2.52 bits per heavy atom. The second-order valence-corrected chi connectivity index (χ2v) is 8.54. The molecule has 134 valence electrons. The zero-order valence-corrected chi connectivity index (χ0v) is 17.0. The molecule has 0 aliphatic carbocycles. The van der Waals surface area contributed by atoms with E-state index < -0.39 is 5.97 Å². The zero-order valence-electron chi connectivity index (χ0n) is 13.7. The van der Waals surface area contributed by atoms with Gasteiger partial charge in [-0.3, -0.25) is 4.79 Å². The molecule has 1 amide bonds. The minimum Gasteiger partial charge on any atom is -0.478 e. The molecule has 0 radical (unpaired) electrons. The summed E-state index contributed by atoms with van der Waals surface area (Å²) < 4.78 is 2.02. The van der Waals surface area contributed by atoms with Gasteiger partial charge in [0.2, 0.25) is 0 Å². The predicted octanol–water partition coefficient (Wildman–Crippen LogP) is 6.34. The van der Waals surface area contributed by atoms with Crippen LogP contribution in [0.2, 0.25) is 0 Å². The van der Waals surface area contributed by atoms with E-state index in [9.17, 15) is 14.7 Å². The van der Waals surface area contributed by atoms with E-state index >= 15 is 0 Å². The molecule has 0 aliphatic heterocycles. The summed E-state index contributed by atoms with van der Waals surface area (Å²) in [6.07, 6.45) is 0. The van der Waals surface area contributed by atoms with Crippen molar-refractivity contribution in [3.05, 3.63) is 74.9 Å². The minimum absolute atomic E-state index is 0.104. The maximum absolute atomic E-state index is 12.6. The second-order valence-electron chi connectivity index (χ2n) is 5.79. The van der Waals surface area contributed by atoms with Gasteiger partial charge in [-0.25, -0.2) is 4.79 Å². The third kappa shape index (κ3) is 3.53. The summed E-state index contributed by atoms with van der Waals surface area (Å²) in [5.74, 6) is -1.40. The summed E-state index contributed by atoms with van der Waals surface area (Å²) in [6.45, 7) is 0. The van der Waals surface area contributed by atoms with Crippen LogP contribution in [0.1, 0.15) is 20.7 Å². The van der Waals surface area contributed by atoms with E-state index in [1.54, 1.807) is 22.8 Å². The standard InChI is InChI=1S/C20H12BrNO3S2/c21-14-4-1-11(2-5-14)15-10-27-19(17(15)20(24)25)22-18(23)13-3-6-16-12(9-13)7-8-26-16/h1-10H,(H,22,23)(H,24,25). The average Bonchev–Trinajstić information content (AvgIpc) is 3.28. The molecular weight excluding hydrogens is 446 g/mol. The van der Waals surface area contributed by atoms with Crippen LogP contribution >= 0.6 is 38.6 Å². The smallest absolute Gasteiger partial charge is 0.339 e. The van der Waals surface area contributed by atoms with Crippen molar-refractivity contribution in [3.8, 4) is 11.1 Å². The molecule has 2 N–H and O–H groups in total. The molecule has 0 unspecified atom stereocenters. The molecule has 4 rings (SSSR count). The van der Waals surface area contributed by atoms with Gasteiger partial charge in [0.1, 0.15) is 10.6 Å². The highest BCUT2D eigenvalue weighted by molar-refractivity contribution is 9.10. The lowest BCUT2D eigenvalue weighted by Gasteiger charge is -2.06. The van der Waals surface area contributed by atoms with Crippen LogP contribution in [-0.4, -0.2) is 17.0 Å². The molecular formula is C20H12BrNO3S2. The molecule has 7 heteroatoms. The molecule has 2 heterocycles. The lowest BCUT2D eigenvalue weighted by molar-refractivity contribution is 0.0699. The van der Waals surface area contributed by atoms with Crippen LogP contribution in [0.15, 0.2) is 63.8 Å². The number of aromatic carboxylic acids is 1. The fraction of sp³-hybridized carbons (Fsp3) is 0. The van der Waals surface area contributed by atoms with Crippen molar-refractivity contribution >= 4 is 65.6 Å². The Kier molecular flexibility index (Phi) is 4.82. The van der Waals surface area contributed by atoms with Gasteiger partial charge in [0.15, 0.2) is 0 Å². The number of rotatable bonds is 4. The molecule has 4 aromatic rings. The summed E-state index contributed by atoms with van der Waals surface area (Å²) in [5, 5.41) is 17.5. The van der Waals surface area contributed by atoms with Crippen molar-refractivity contribution in [2.45, 2.75) is 0 Å². The third-order valence-electron chi connectivity index (χ3n) is 4.10. The number of hydrogen-bond donors (Lipinski definition) is 2. The fourth-order valence-electron chi connectivity index (χ4n) is 2.79. The van der Waals surface area contributed by atoms with Gasteiger partial charge in [-0.2, -0.15) is 0 Å². The van der Waals surface area contributed by atoms with Gasteiger partial charge < -0.3 is 10.4 Å². The summed E-state index contributed by atoms with van der Waals surface area (Å²) in [4.78, 5) is 24.5. The van der Waals surface area contributed by atoms with Crippen molar-refractivity contribution in [1.82, 2.24) is 0 Å². The Hall–Kier alpha value is -2.48. The molecule has 0 bridgehead atoms. The van der Waals surface area contributed by atoms with Gasteiger partial charge in [0.05, 0.1) is 0 Å². The number of nitrogens with one attached hydrogen (secondary N) is 1. The number of thiophene rings is 2. The number of carboxylic acid groups (broad SMARTS) is 1. The summed E-state index contributed by atoms with van der Waals surface area (Å²) in [5.41, 5.74) is 1.97. The normalized spacial score (nSPS) is 10.9. The number of fused-ring (bicyclic) bond motifs is 1. The number of carbonyl (C=O) groups is 2. The van der Waals surface area contributed by atoms with E-state index in [0.717, 1.165) is 20.1 Å². The van der Waals surface area contributed by atoms with Gasteiger partial charge in [-0.1, -0.05) is 28.1 Å². The molecule has 27 heavy (non-hydrogen) atoms. The van der Waals surface area contributed by atoms with Gasteiger partial charge in [0, 0.05) is 25.7 Å². The molecule has 2 aromatic heterocycles. The molecule has 2 aromatic carbocycles. The molecule has 0 spiro atoms. The minimum atomic E-state index is -1.07. The molecule has 0 atom stereocenters. The van der Waals surface area contributed by atoms with Crippen LogP contribution in [0, 0.1) is 0 Å². The molecule has 4 nitrogen and oxygen atoms in total. The number of carboxylic acids is 1. The highest BCUT2D eigenvalue weighted by Crippen LogP contribution is 2.36. The average molecular weight is 458 g/mol. The number of amides is 1. The Morgan fingerprint density at radius 1 is 1.00 bits per heavy atom. The molecule has 0 fully saturated rings. The topological polar surface area (TPSA) is 66.4 Å². The van der Waals surface area contributed by atoms with Crippen LogP contribution in [0.4, 0.5) is 5.00 Å². The highest BCUT2D eigenvalue weighted by Gasteiger charge is 2.21. The monoisotopic (exact) mass is 457 g/mol. The number of benzene rings is 2. The lowest BCUT2D eigenvalue weighted by atomic mass is 10.0. The van der Waals surface area contributed by atoms with E-state index in [1.165, 1.54) is 11.3 Å². The second kappa shape index (κ2) is 7.26. The third-order valence-corrected chi connectivity index (χ3v) is 6.42. The van der Waals surface area contributed by atoms with E-state index in [2.05, 4.69) is 21.2 Å². The lowest BCUT2D eigenvalue weighted by Crippen LogP contribution is -2.13. The Bertz CT molecular complexity index is 1160. The maximum atomic E-state index is 12.6. The van der Waals surface area contributed by atoms with Crippen LogP contribution in [-0.2, 0) is 0 Å². The van der Waals surface area contributed by atoms with Crippen LogP contribution in [0.25, 0.3) is 21.2 Å². The fourth-order valence-corrected chi connectivity index (χ4v) is 4.78. The zero-order chi connectivity index (χ0) is 19.0. The van der Waals surface area contributed by atoms with Gasteiger partial charge in [-0.05, 0) is 52.7 Å². The number of carbonyl (C=O) groups excluding carboxylic acids is 1. The van der Waals surface area contributed by atoms with Gasteiger partial charge in [-0.15, -0.1) is 22.7 Å². The Balaban J connectivity index is 1.68. The first kappa shape index (κ1) is 17.9. The summed E-state index contributed by atoms with van der Waals surface area (Å²) in [7, 11) is 0. The van der Waals surface area contributed by atoms with Crippen LogP contribution in [0.3, 0.4) is 0 Å². The van der Waals surface area contributed by atoms with Crippen molar-refractivity contribution < 1.29 is 14.7 Å². The van der Waals surface area contributed by atoms with Crippen molar-refractivity contribution in [2.75, 3.05) is 5.32 Å². The first-order chi connectivity index (χ1) is 13.0. The molecule has 0 aliphatic rings. The van der Waals surface area contributed by atoms with Crippen molar-refractivity contribution in [2.24, 2.45) is 0 Å². The summed E-state index contributed by atoms with van der Waals surface area (Å²) >= 11 is 6.19. The quantitative estimate of drug-likeness (QED) is 0.375. The molecule has 0 saturated carbocycles. The molecule has 0 saturated heterocycles. The van der Waals surface area contributed by atoms with Gasteiger partial charge in [0.25, 0.3) is 5.91 Å². The van der Waals surface area contributed by atoms with E-state index in [1.807, 2.05) is 47.8 Å². The van der Waals surface area contributed by atoms with E-state index in [-0.39, 0.29) is 11.5 Å². The largest absolute Gasteiger partial charge is 0.478 e. The highest BCUT2D eigenvalue weighted by atomic mass is 79.9. The van der Waals surface area contributed by atoms with Crippen LogP contribution in [0.5, 0.6) is 0 Å². The first-order valence-electron chi connectivity index (χ1n) is 7.92. The van der Waals surface area contributed by atoms with Crippen LogP contribution < -0.4 is 5.32 Å². The summed E-state index contributed by atoms with van der Waals surface area (Å²) in [6, 6.07) is 14.8. The number of hydrogen-bond acceptors (Lipinski definition) is 4. The number of halogens is 1. The Morgan fingerprint density at radius 2 is 1.78 bits per heavy atom. The van der Waals surface area contributed by atoms with Crippen molar-refractivity contribution in [1.29, 1.82) is 0 Å². The Labute approximate surface area is 171 Å². The van der Waals surface area contributed by atoms with Gasteiger partial charge >= 0.3 is 5.97 Å². The van der Waals surface area contributed by atoms with E-state index in [4.69, 9.17) is 0 Å².